The van der Waals surface area contributed by atoms with E-state index in [1.54, 1.807) is 19.2 Å². The van der Waals surface area contributed by atoms with Gasteiger partial charge in [-0.2, -0.15) is 0 Å². The molecule has 0 bridgehead atoms. The van der Waals surface area contributed by atoms with Gasteiger partial charge in [0.25, 0.3) is 0 Å². The maximum atomic E-state index is 11.1. The van der Waals surface area contributed by atoms with E-state index in [9.17, 15) is 4.79 Å². The standard InChI is InChI=1S/C15H16N2O2/c1-9-4-5-11(10(2)8-9)13-7-6-12(15(18)19)14(16-3)17-13/h4-8H,1-3H3,(H,16,17)(H,18,19). The summed E-state index contributed by atoms with van der Waals surface area (Å²) in [4.78, 5) is 15.4. The maximum absolute atomic E-state index is 11.1. The molecule has 4 heteroatoms. The summed E-state index contributed by atoms with van der Waals surface area (Å²) in [5, 5.41) is 11.9. The van der Waals surface area contributed by atoms with Crippen molar-refractivity contribution in [3.05, 3.63) is 47.0 Å². The van der Waals surface area contributed by atoms with Crippen LogP contribution in [0.5, 0.6) is 0 Å². The van der Waals surface area contributed by atoms with Crippen LogP contribution in [0.15, 0.2) is 30.3 Å². The number of anilines is 1. The summed E-state index contributed by atoms with van der Waals surface area (Å²) in [7, 11) is 1.67. The number of rotatable bonds is 3. The number of carboxylic acids is 1. The maximum Gasteiger partial charge on any atom is 0.339 e. The summed E-state index contributed by atoms with van der Waals surface area (Å²) in [5.41, 5.74) is 4.27. The highest BCUT2D eigenvalue weighted by Gasteiger charge is 2.12. The van der Waals surface area contributed by atoms with Crippen LogP contribution in [0.25, 0.3) is 11.3 Å². The molecule has 0 saturated carbocycles. The molecular formula is C15H16N2O2. The van der Waals surface area contributed by atoms with Gasteiger partial charge in [0.2, 0.25) is 0 Å². The molecule has 2 N–H and O–H groups in total. The second kappa shape index (κ2) is 5.10. The van der Waals surface area contributed by atoms with E-state index < -0.39 is 5.97 Å². The highest BCUT2D eigenvalue weighted by molar-refractivity contribution is 5.93. The normalized spacial score (nSPS) is 10.3. The van der Waals surface area contributed by atoms with E-state index in [4.69, 9.17) is 5.11 Å². The molecule has 0 spiro atoms. The first-order chi connectivity index (χ1) is 9.02. The van der Waals surface area contributed by atoms with Gasteiger partial charge in [0.1, 0.15) is 11.4 Å². The Balaban J connectivity index is 2.54. The van der Waals surface area contributed by atoms with E-state index >= 15 is 0 Å². The first-order valence-electron chi connectivity index (χ1n) is 6.02. The fourth-order valence-electron chi connectivity index (χ4n) is 2.07. The molecule has 1 aromatic carbocycles. The van der Waals surface area contributed by atoms with Gasteiger partial charge < -0.3 is 10.4 Å². The SMILES string of the molecule is CNc1nc(-c2ccc(C)cc2C)ccc1C(=O)O. The highest BCUT2D eigenvalue weighted by Crippen LogP contribution is 2.25. The predicted octanol–water partition coefficient (Wildman–Crippen LogP) is 3.11. The number of carbonyl (C=O) groups is 1. The molecular weight excluding hydrogens is 240 g/mol. The molecule has 0 saturated heterocycles. The number of aromatic nitrogens is 1. The molecule has 0 aliphatic carbocycles. The zero-order valence-corrected chi connectivity index (χ0v) is 11.2. The van der Waals surface area contributed by atoms with Crippen molar-refractivity contribution in [2.75, 3.05) is 12.4 Å². The Bertz CT molecular complexity index is 636. The van der Waals surface area contributed by atoms with Gasteiger partial charge >= 0.3 is 5.97 Å². The Morgan fingerprint density at radius 1 is 1.21 bits per heavy atom. The number of nitrogens with one attached hydrogen (secondary N) is 1. The van der Waals surface area contributed by atoms with Crippen molar-refractivity contribution in [2.45, 2.75) is 13.8 Å². The molecule has 1 heterocycles. The van der Waals surface area contributed by atoms with Crippen molar-refractivity contribution in [1.82, 2.24) is 4.98 Å². The van der Waals surface area contributed by atoms with E-state index in [0.717, 1.165) is 16.8 Å². The smallest absolute Gasteiger partial charge is 0.339 e. The van der Waals surface area contributed by atoms with Gasteiger partial charge in [-0.05, 0) is 31.5 Å². The summed E-state index contributed by atoms with van der Waals surface area (Å²) in [6.07, 6.45) is 0. The molecule has 98 valence electrons. The first-order valence-corrected chi connectivity index (χ1v) is 6.02. The van der Waals surface area contributed by atoms with Crippen LogP contribution in [0, 0.1) is 13.8 Å². The Labute approximate surface area is 112 Å². The molecule has 0 radical (unpaired) electrons. The lowest BCUT2D eigenvalue weighted by molar-refractivity contribution is 0.0697. The van der Waals surface area contributed by atoms with Gasteiger partial charge in [-0.15, -0.1) is 0 Å². The molecule has 19 heavy (non-hydrogen) atoms. The number of aryl methyl sites for hydroxylation is 2. The van der Waals surface area contributed by atoms with E-state index in [1.165, 1.54) is 5.56 Å². The van der Waals surface area contributed by atoms with E-state index in [1.807, 2.05) is 26.0 Å². The Hall–Kier alpha value is -2.36. The average Bonchev–Trinajstić information content (AvgIpc) is 2.37. The number of pyridine rings is 1. The summed E-state index contributed by atoms with van der Waals surface area (Å²) >= 11 is 0. The van der Waals surface area contributed by atoms with Gasteiger partial charge in [0.15, 0.2) is 0 Å². The van der Waals surface area contributed by atoms with Crippen LogP contribution in [0.2, 0.25) is 0 Å². The second-order valence-corrected chi connectivity index (χ2v) is 4.47. The largest absolute Gasteiger partial charge is 0.478 e. The van der Waals surface area contributed by atoms with Crippen molar-refractivity contribution in [1.29, 1.82) is 0 Å². The fourth-order valence-corrected chi connectivity index (χ4v) is 2.07. The highest BCUT2D eigenvalue weighted by atomic mass is 16.4. The minimum absolute atomic E-state index is 0.177. The van der Waals surface area contributed by atoms with Crippen LogP contribution < -0.4 is 5.32 Å². The van der Waals surface area contributed by atoms with E-state index in [2.05, 4.69) is 16.4 Å². The number of nitrogens with zero attached hydrogens (tertiary/aromatic N) is 1. The summed E-state index contributed by atoms with van der Waals surface area (Å²) < 4.78 is 0. The monoisotopic (exact) mass is 256 g/mol. The third-order valence-corrected chi connectivity index (χ3v) is 3.02. The molecule has 2 rings (SSSR count). The molecule has 0 atom stereocenters. The second-order valence-electron chi connectivity index (χ2n) is 4.47. The molecule has 2 aromatic rings. The Kier molecular flexibility index (Phi) is 3.51. The van der Waals surface area contributed by atoms with Crippen LogP contribution in [0.1, 0.15) is 21.5 Å². The lowest BCUT2D eigenvalue weighted by atomic mass is 10.0. The van der Waals surface area contributed by atoms with Crippen LogP contribution in [-0.4, -0.2) is 23.1 Å². The zero-order valence-electron chi connectivity index (χ0n) is 11.2. The van der Waals surface area contributed by atoms with E-state index in [0.29, 0.717) is 5.82 Å². The lowest BCUT2D eigenvalue weighted by Crippen LogP contribution is -2.05. The third-order valence-electron chi connectivity index (χ3n) is 3.02. The van der Waals surface area contributed by atoms with Crippen molar-refractivity contribution >= 4 is 11.8 Å². The summed E-state index contributed by atoms with van der Waals surface area (Å²) in [6, 6.07) is 9.43. The summed E-state index contributed by atoms with van der Waals surface area (Å²) in [5.74, 6) is -0.603. The Morgan fingerprint density at radius 2 is 1.95 bits per heavy atom. The molecule has 0 amide bonds. The molecule has 0 fully saturated rings. The van der Waals surface area contributed by atoms with Gasteiger partial charge in [0.05, 0.1) is 5.69 Å². The van der Waals surface area contributed by atoms with Crippen LogP contribution in [0.4, 0.5) is 5.82 Å². The van der Waals surface area contributed by atoms with Crippen molar-refractivity contribution in [3.8, 4) is 11.3 Å². The van der Waals surface area contributed by atoms with Crippen LogP contribution >= 0.6 is 0 Å². The first kappa shape index (κ1) is 13.1. The molecule has 0 aliphatic rings. The van der Waals surface area contributed by atoms with Gasteiger partial charge in [-0.25, -0.2) is 9.78 Å². The number of aromatic carboxylic acids is 1. The molecule has 0 unspecified atom stereocenters. The fraction of sp³-hybridized carbons (Fsp3) is 0.200. The number of hydrogen-bond donors (Lipinski definition) is 2. The predicted molar refractivity (Wildman–Crippen MR) is 75.7 cm³/mol. The van der Waals surface area contributed by atoms with Crippen molar-refractivity contribution in [2.24, 2.45) is 0 Å². The Morgan fingerprint density at radius 3 is 2.53 bits per heavy atom. The minimum Gasteiger partial charge on any atom is -0.478 e. The quantitative estimate of drug-likeness (QED) is 0.885. The molecule has 1 aromatic heterocycles. The van der Waals surface area contributed by atoms with Gasteiger partial charge in [-0.3, -0.25) is 0 Å². The van der Waals surface area contributed by atoms with E-state index in [-0.39, 0.29) is 5.56 Å². The molecule has 0 aliphatic heterocycles. The minimum atomic E-state index is -0.982. The molecule has 4 nitrogen and oxygen atoms in total. The number of benzene rings is 1. The van der Waals surface area contributed by atoms with Crippen LogP contribution in [-0.2, 0) is 0 Å². The third kappa shape index (κ3) is 2.57. The van der Waals surface area contributed by atoms with Gasteiger partial charge in [-0.1, -0.05) is 23.8 Å². The lowest BCUT2D eigenvalue weighted by Gasteiger charge is -2.10. The number of hydrogen-bond acceptors (Lipinski definition) is 3. The zero-order chi connectivity index (χ0) is 14.0. The topological polar surface area (TPSA) is 62.2 Å². The van der Waals surface area contributed by atoms with Crippen LogP contribution in [0.3, 0.4) is 0 Å². The van der Waals surface area contributed by atoms with Crippen molar-refractivity contribution < 1.29 is 9.90 Å². The number of carboxylic acid groups (broad SMARTS) is 1. The summed E-state index contributed by atoms with van der Waals surface area (Å²) in [6.45, 7) is 4.06. The average molecular weight is 256 g/mol. The van der Waals surface area contributed by atoms with Crippen molar-refractivity contribution in [3.63, 3.8) is 0 Å². The van der Waals surface area contributed by atoms with Gasteiger partial charge in [0, 0.05) is 12.6 Å².